The van der Waals surface area contributed by atoms with Gasteiger partial charge in [0, 0.05) is 13.2 Å². The molecule has 0 amide bonds. The van der Waals surface area contributed by atoms with Gasteiger partial charge in [0.05, 0.1) is 11.3 Å². The Morgan fingerprint density at radius 2 is 1.78 bits per heavy atom. The van der Waals surface area contributed by atoms with Gasteiger partial charge in [-0.15, -0.1) is 0 Å². The summed E-state index contributed by atoms with van der Waals surface area (Å²) in [4.78, 5) is 12.7. The average Bonchev–Trinajstić information content (AvgIpc) is 2.87. The summed E-state index contributed by atoms with van der Waals surface area (Å²) in [6, 6.07) is 4.56. The zero-order chi connectivity index (χ0) is 13.4. The van der Waals surface area contributed by atoms with E-state index in [1.807, 2.05) is 0 Å². The maximum absolute atomic E-state index is 12.2. The van der Waals surface area contributed by atoms with E-state index in [2.05, 4.69) is 4.99 Å². The molecule has 0 N–H and O–H groups in total. The Hall–Kier alpha value is -1.65. The third-order valence-electron chi connectivity index (χ3n) is 2.20. The second-order valence-corrected chi connectivity index (χ2v) is 3.54. The van der Waals surface area contributed by atoms with Gasteiger partial charge in [0.2, 0.25) is 6.08 Å². The van der Waals surface area contributed by atoms with Crippen LogP contribution in [0.3, 0.4) is 0 Å². The van der Waals surface area contributed by atoms with Crippen molar-refractivity contribution in [2.75, 3.05) is 13.2 Å². The molecular weight excluding hydrogens is 247 g/mol. The number of alkyl halides is 3. The lowest BCUT2D eigenvalue weighted by Gasteiger charge is -2.07. The van der Waals surface area contributed by atoms with Gasteiger partial charge >= 0.3 is 6.18 Å². The number of halogens is 3. The molecule has 0 unspecified atom stereocenters. The van der Waals surface area contributed by atoms with Gasteiger partial charge in [-0.1, -0.05) is 12.1 Å². The molecule has 6 heteroatoms. The van der Waals surface area contributed by atoms with Gasteiger partial charge in [0.25, 0.3) is 0 Å². The zero-order valence-corrected chi connectivity index (χ0v) is 9.54. The minimum absolute atomic E-state index is 0.412. The molecule has 1 saturated heterocycles. The third kappa shape index (κ3) is 4.69. The van der Waals surface area contributed by atoms with E-state index in [1.165, 1.54) is 25.0 Å². The van der Waals surface area contributed by atoms with Crippen molar-refractivity contribution < 1.29 is 22.7 Å². The van der Waals surface area contributed by atoms with Crippen molar-refractivity contribution in [3.8, 4) is 0 Å². The van der Waals surface area contributed by atoms with Crippen LogP contribution in [0, 0.1) is 0 Å². The number of benzene rings is 1. The molecule has 3 nitrogen and oxygen atoms in total. The number of aliphatic imine (C=N–C) groups is 1. The maximum Gasteiger partial charge on any atom is 0.418 e. The van der Waals surface area contributed by atoms with E-state index in [4.69, 9.17) is 4.74 Å². The lowest BCUT2D eigenvalue weighted by atomic mass is 10.2. The molecule has 0 radical (unpaired) electrons. The second kappa shape index (κ2) is 6.93. The number of hydrogen-bond acceptors (Lipinski definition) is 3. The summed E-state index contributed by atoms with van der Waals surface area (Å²) in [5.41, 5.74) is -1.34. The van der Waals surface area contributed by atoms with Crippen LogP contribution in [-0.2, 0) is 15.7 Å². The SMILES string of the molecule is C1CCOC1.O=C=Nc1ccccc1C(F)(F)F. The molecular formula is C12H12F3NO2. The Bertz CT molecular complexity index is 414. The molecule has 0 spiro atoms. The highest BCUT2D eigenvalue weighted by molar-refractivity contribution is 5.54. The molecule has 0 bridgehead atoms. The van der Waals surface area contributed by atoms with Crippen LogP contribution >= 0.6 is 0 Å². The summed E-state index contributed by atoms with van der Waals surface area (Å²) in [6.07, 6.45) is -0.862. The van der Waals surface area contributed by atoms with E-state index in [1.54, 1.807) is 0 Å². The van der Waals surface area contributed by atoms with Gasteiger partial charge in [-0.2, -0.15) is 18.2 Å². The van der Waals surface area contributed by atoms with Gasteiger partial charge in [0.1, 0.15) is 0 Å². The van der Waals surface area contributed by atoms with Gasteiger partial charge in [-0.05, 0) is 25.0 Å². The van der Waals surface area contributed by atoms with Gasteiger partial charge in [-0.3, -0.25) is 0 Å². The molecule has 1 aliphatic heterocycles. The van der Waals surface area contributed by atoms with Crippen LogP contribution in [0.4, 0.5) is 18.9 Å². The number of nitrogens with zero attached hydrogens (tertiary/aromatic N) is 1. The Morgan fingerprint density at radius 1 is 1.17 bits per heavy atom. The molecule has 2 rings (SSSR count). The minimum atomic E-state index is -4.49. The summed E-state index contributed by atoms with van der Waals surface area (Å²) in [6.45, 7) is 2.00. The van der Waals surface area contributed by atoms with Crippen molar-refractivity contribution in [2.24, 2.45) is 4.99 Å². The largest absolute Gasteiger partial charge is 0.418 e. The highest BCUT2D eigenvalue weighted by atomic mass is 19.4. The number of para-hydroxylation sites is 1. The molecule has 1 aliphatic rings. The van der Waals surface area contributed by atoms with Crippen LogP contribution in [0.15, 0.2) is 29.3 Å². The second-order valence-electron chi connectivity index (χ2n) is 3.54. The van der Waals surface area contributed by atoms with Crippen molar-refractivity contribution >= 4 is 11.8 Å². The number of rotatable bonds is 1. The fraction of sp³-hybridized carbons (Fsp3) is 0.417. The fourth-order valence-electron chi connectivity index (χ4n) is 1.37. The molecule has 0 aliphatic carbocycles. The lowest BCUT2D eigenvalue weighted by Crippen LogP contribution is -2.04. The molecule has 1 fully saturated rings. The van der Waals surface area contributed by atoms with E-state index in [0.29, 0.717) is 0 Å². The third-order valence-corrected chi connectivity index (χ3v) is 2.20. The van der Waals surface area contributed by atoms with Crippen molar-refractivity contribution in [2.45, 2.75) is 19.0 Å². The predicted octanol–water partition coefficient (Wildman–Crippen LogP) is 3.47. The Balaban J connectivity index is 0.000000269. The van der Waals surface area contributed by atoms with Crippen molar-refractivity contribution in [1.29, 1.82) is 0 Å². The van der Waals surface area contributed by atoms with Crippen LogP contribution in [0.25, 0.3) is 0 Å². The minimum Gasteiger partial charge on any atom is -0.381 e. The molecule has 0 aromatic heterocycles. The zero-order valence-electron chi connectivity index (χ0n) is 9.54. The monoisotopic (exact) mass is 259 g/mol. The topological polar surface area (TPSA) is 38.7 Å². The summed E-state index contributed by atoms with van der Waals surface area (Å²) in [5, 5.41) is 0. The normalized spacial score (nSPS) is 14.4. The Labute approximate surface area is 102 Å². The van der Waals surface area contributed by atoms with E-state index in [-0.39, 0.29) is 0 Å². The maximum atomic E-state index is 12.2. The van der Waals surface area contributed by atoms with E-state index in [9.17, 15) is 18.0 Å². The molecule has 0 atom stereocenters. The summed E-state index contributed by atoms with van der Waals surface area (Å²) >= 11 is 0. The van der Waals surface area contributed by atoms with Gasteiger partial charge < -0.3 is 4.74 Å². The highest BCUT2D eigenvalue weighted by Gasteiger charge is 2.33. The van der Waals surface area contributed by atoms with E-state index >= 15 is 0 Å². The average molecular weight is 259 g/mol. The molecule has 1 aromatic rings. The van der Waals surface area contributed by atoms with Crippen LogP contribution in [0.1, 0.15) is 18.4 Å². The Morgan fingerprint density at radius 3 is 2.22 bits per heavy atom. The van der Waals surface area contributed by atoms with Gasteiger partial charge in [-0.25, -0.2) is 4.79 Å². The number of isocyanates is 1. The van der Waals surface area contributed by atoms with Crippen LogP contribution < -0.4 is 0 Å². The first-order valence-corrected chi connectivity index (χ1v) is 5.37. The molecule has 18 heavy (non-hydrogen) atoms. The molecule has 98 valence electrons. The highest BCUT2D eigenvalue weighted by Crippen LogP contribution is 2.35. The summed E-state index contributed by atoms with van der Waals surface area (Å²) in [7, 11) is 0. The standard InChI is InChI=1S/C8H4F3NO.C4H8O/c9-8(10,11)6-3-1-2-4-7(6)12-5-13;1-2-4-5-3-1/h1-4H;1-4H2. The first-order valence-electron chi connectivity index (χ1n) is 5.37. The van der Waals surface area contributed by atoms with Crippen molar-refractivity contribution in [3.05, 3.63) is 29.8 Å². The van der Waals surface area contributed by atoms with E-state index in [0.717, 1.165) is 31.4 Å². The summed E-state index contributed by atoms with van der Waals surface area (Å²) in [5.74, 6) is 0. The van der Waals surface area contributed by atoms with Crippen LogP contribution in [-0.4, -0.2) is 19.3 Å². The summed E-state index contributed by atoms with van der Waals surface area (Å²) < 4.78 is 41.5. The Kier molecular flexibility index (Phi) is 5.55. The predicted molar refractivity (Wildman–Crippen MR) is 59.3 cm³/mol. The molecule has 0 saturated carbocycles. The van der Waals surface area contributed by atoms with Crippen molar-refractivity contribution in [1.82, 2.24) is 0 Å². The van der Waals surface area contributed by atoms with Crippen LogP contribution in [0.5, 0.6) is 0 Å². The van der Waals surface area contributed by atoms with Crippen LogP contribution in [0.2, 0.25) is 0 Å². The van der Waals surface area contributed by atoms with E-state index < -0.39 is 17.4 Å². The number of carbonyl (C=O) groups excluding carboxylic acids is 1. The van der Waals surface area contributed by atoms with Crippen molar-refractivity contribution in [3.63, 3.8) is 0 Å². The number of ether oxygens (including phenoxy) is 1. The van der Waals surface area contributed by atoms with Gasteiger partial charge in [0.15, 0.2) is 0 Å². The smallest absolute Gasteiger partial charge is 0.381 e. The molecule has 1 heterocycles. The fourth-order valence-corrected chi connectivity index (χ4v) is 1.37. The lowest BCUT2D eigenvalue weighted by molar-refractivity contribution is -0.137. The first-order chi connectivity index (χ1) is 8.55. The molecule has 1 aromatic carbocycles. The number of hydrogen-bond donors (Lipinski definition) is 0. The quantitative estimate of drug-likeness (QED) is 0.572. The first kappa shape index (κ1) is 14.4.